The number of hydrogen-bond acceptors (Lipinski definition) is 3. The molecule has 1 aliphatic heterocycles. The Bertz CT molecular complexity index is 541. The second kappa shape index (κ2) is 5.42. The predicted octanol–water partition coefficient (Wildman–Crippen LogP) is 4.26. The summed E-state index contributed by atoms with van der Waals surface area (Å²) < 4.78 is 12.3. The Morgan fingerprint density at radius 3 is 2.48 bits per heavy atom. The normalized spacial score (nSPS) is 39.7. The fraction of sp³-hybridized carbons (Fsp3) is 0.850. The van der Waals surface area contributed by atoms with Crippen LogP contribution < -0.4 is 0 Å². The number of rotatable bonds is 1. The average molecular weight is 318 g/mol. The molecule has 1 saturated heterocycles. The summed E-state index contributed by atoms with van der Waals surface area (Å²) in [5, 5.41) is 0. The molecule has 0 aromatic heterocycles. The Hall–Kier alpha value is -0.670. The highest BCUT2D eigenvalue weighted by molar-refractivity contribution is 6.00. The zero-order chi connectivity index (χ0) is 16.2. The van der Waals surface area contributed by atoms with Gasteiger partial charge in [0.05, 0.1) is 19.1 Å². The largest absolute Gasteiger partial charge is 0.347 e. The molecule has 0 aromatic carbocycles. The van der Waals surface area contributed by atoms with E-state index >= 15 is 0 Å². The highest BCUT2D eigenvalue weighted by atomic mass is 16.7. The minimum atomic E-state index is -0.638. The molecule has 1 saturated carbocycles. The maximum atomic E-state index is 13.6. The number of Topliss-reactive ketones (excluding diaryl/α,β-unsaturated/α-hetero) is 1. The Morgan fingerprint density at radius 1 is 1.09 bits per heavy atom. The SMILES string of the molecule is CC(C)[C@H]1CC2(OCCO2)C2C(=O)C3=C(CCCC3)CC[C@@]21C. The molecule has 4 rings (SSSR count). The van der Waals surface area contributed by atoms with Crippen molar-refractivity contribution in [2.45, 2.75) is 71.5 Å². The minimum Gasteiger partial charge on any atom is -0.347 e. The van der Waals surface area contributed by atoms with E-state index in [2.05, 4.69) is 20.8 Å². The van der Waals surface area contributed by atoms with E-state index in [-0.39, 0.29) is 11.3 Å². The lowest BCUT2D eigenvalue weighted by Crippen LogP contribution is -2.45. The van der Waals surface area contributed by atoms with Crippen molar-refractivity contribution in [2.75, 3.05) is 13.2 Å². The smallest absolute Gasteiger partial charge is 0.179 e. The molecule has 23 heavy (non-hydrogen) atoms. The van der Waals surface area contributed by atoms with Crippen LogP contribution in [0.3, 0.4) is 0 Å². The summed E-state index contributed by atoms with van der Waals surface area (Å²) >= 11 is 0. The van der Waals surface area contributed by atoms with Gasteiger partial charge in [0, 0.05) is 6.42 Å². The molecule has 0 bridgehead atoms. The van der Waals surface area contributed by atoms with Gasteiger partial charge in [0.15, 0.2) is 11.6 Å². The van der Waals surface area contributed by atoms with E-state index in [1.807, 2.05) is 0 Å². The maximum Gasteiger partial charge on any atom is 0.179 e. The molecular formula is C20H30O3. The number of allylic oxidation sites excluding steroid dienone is 2. The van der Waals surface area contributed by atoms with Crippen LogP contribution in [0.1, 0.15) is 65.7 Å². The molecule has 1 heterocycles. The highest BCUT2D eigenvalue weighted by Crippen LogP contribution is 2.63. The van der Waals surface area contributed by atoms with Crippen molar-refractivity contribution in [3.63, 3.8) is 0 Å². The van der Waals surface area contributed by atoms with Gasteiger partial charge in [0.2, 0.25) is 0 Å². The van der Waals surface area contributed by atoms with Crippen LogP contribution in [0.25, 0.3) is 0 Å². The zero-order valence-electron chi connectivity index (χ0n) is 14.8. The van der Waals surface area contributed by atoms with Crippen molar-refractivity contribution in [3.8, 4) is 0 Å². The molecule has 0 amide bonds. The fourth-order valence-electron chi connectivity index (χ4n) is 6.09. The topological polar surface area (TPSA) is 35.5 Å². The second-order valence-electron chi connectivity index (χ2n) is 8.66. The Balaban J connectivity index is 1.81. The predicted molar refractivity (Wildman–Crippen MR) is 88.9 cm³/mol. The van der Waals surface area contributed by atoms with Crippen LogP contribution in [-0.2, 0) is 14.3 Å². The third kappa shape index (κ3) is 2.19. The maximum absolute atomic E-state index is 13.6. The van der Waals surface area contributed by atoms with Crippen LogP contribution in [0.5, 0.6) is 0 Å². The van der Waals surface area contributed by atoms with Gasteiger partial charge in [-0.25, -0.2) is 0 Å². The lowest BCUT2D eigenvalue weighted by atomic mass is 9.66. The first-order chi connectivity index (χ1) is 11.0. The van der Waals surface area contributed by atoms with Crippen molar-refractivity contribution < 1.29 is 14.3 Å². The van der Waals surface area contributed by atoms with Gasteiger partial charge in [-0.1, -0.05) is 26.3 Å². The van der Waals surface area contributed by atoms with Crippen LogP contribution in [0.4, 0.5) is 0 Å². The van der Waals surface area contributed by atoms with Gasteiger partial charge in [-0.15, -0.1) is 0 Å². The zero-order valence-corrected chi connectivity index (χ0v) is 14.8. The van der Waals surface area contributed by atoms with E-state index in [9.17, 15) is 4.79 Å². The average Bonchev–Trinajstić information content (AvgIpc) is 3.06. The Labute approximate surface area is 139 Å². The number of carbonyl (C=O) groups excluding carboxylic acids is 1. The summed E-state index contributed by atoms with van der Waals surface area (Å²) in [7, 11) is 0. The number of hydrogen-bond donors (Lipinski definition) is 0. The molecule has 0 N–H and O–H groups in total. The molecule has 128 valence electrons. The molecule has 3 heteroatoms. The monoisotopic (exact) mass is 318 g/mol. The summed E-state index contributed by atoms with van der Waals surface area (Å²) in [6, 6.07) is 0. The first kappa shape index (κ1) is 15.8. The quantitative estimate of drug-likeness (QED) is 0.724. The number of fused-ring (bicyclic) bond motifs is 2. The molecule has 0 radical (unpaired) electrons. The van der Waals surface area contributed by atoms with Crippen molar-refractivity contribution in [1.82, 2.24) is 0 Å². The molecule has 3 nitrogen and oxygen atoms in total. The lowest BCUT2D eigenvalue weighted by Gasteiger charge is -2.39. The molecule has 3 atom stereocenters. The van der Waals surface area contributed by atoms with Gasteiger partial charge < -0.3 is 9.47 Å². The summed E-state index contributed by atoms with van der Waals surface area (Å²) in [6.07, 6.45) is 7.62. The third-order valence-corrected chi connectivity index (χ3v) is 7.14. The lowest BCUT2D eigenvalue weighted by molar-refractivity contribution is -0.193. The number of ketones is 1. The summed E-state index contributed by atoms with van der Waals surface area (Å²) in [4.78, 5) is 13.6. The van der Waals surface area contributed by atoms with Gasteiger partial charge >= 0.3 is 0 Å². The van der Waals surface area contributed by atoms with Crippen LogP contribution >= 0.6 is 0 Å². The van der Waals surface area contributed by atoms with Crippen LogP contribution in [0, 0.1) is 23.2 Å². The van der Waals surface area contributed by atoms with Gasteiger partial charge in [-0.05, 0) is 61.3 Å². The first-order valence-electron chi connectivity index (χ1n) is 9.51. The molecule has 0 aromatic rings. The van der Waals surface area contributed by atoms with E-state index in [0.717, 1.165) is 44.1 Å². The minimum absolute atomic E-state index is 0.00687. The van der Waals surface area contributed by atoms with Crippen LogP contribution in [0.2, 0.25) is 0 Å². The van der Waals surface area contributed by atoms with Crippen molar-refractivity contribution in [3.05, 3.63) is 11.1 Å². The van der Waals surface area contributed by atoms with Gasteiger partial charge in [0.25, 0.3) is 0 Å². The third-order valence-electron chi connectivity index (χ3n) is 7.14. The number of carbonyl (C=O) groups is 1. The Morgan fingerprint density at radius 2 is 1.78 bits per heavy atom. The molecule has 1 spiro atoms. The van der Waals surface area contributed by atoms with E-state index < -0.39 is 5.79 Å². The highest BCUT2D eigenvalue weighted by Gasteiger charge is 2.66. The van der Waals surface area contributed by atoms with Gasteiger partial charge in [-0.2, -0.15) is 0 Å². The molecule has 2 fully saturated rings. The summed E-state index contributed by atoms with van der Waals surface area (Å²) in [5.41, 5.74) is 2.60. The molecule has 1 unspecified atom stereocenters. The molecule has 4 aliphatic rings. The molecule has 3 aliphatic carbocycles. The van der Waals surface area contributed by atoms with Crippen LogP contribution in [-0.4, -0.2) is 24.8 Å². The second-order valence-corrected chi connectivity index (χ2v) is 8.66. The van der Waals surface area contributed by atoms with Crippen molar-refractivity contribution in [2.24, 2.45) is 23.2 Å². The van der Waals surface area contributed by atoms with Crippen molar-refractivity contribution >= 4 is 5.78 Å². The van der Waals surface area contributed by atoms with Crippen LogP contribution in [0.15, 0.2) is 11.1 Å². The standard InChI is InChI=1S/C20H30O3/c1-13(2)16-12-20(22-10-11-23-20)18-17(21)15-7-5-4-6-14(15)8-9-19(16,18)3/h13,16,18H,4-12H2,1-3H3/t16-,18?,19-/m1/s1. The molecular weight excluding hydrogens is 288 g/mol. The van der Waals surface area contributed by atoms with E-state index in [1.54, 1.807) is 0 Å². The van der Waals surface area contributed by atoms with E-state index in [1.165, 1.54) is 12.0 Å². The van der Waals surface area contributed by atoms with Gasteiger partial charge in [-0.3, -0.25) is 4.79 Å². The van der Waals surface area contributed by atoms with Gasteiger partial charge in [0.1, 0.15) is 0 Å². The first-order valence-corrected chi connectivity index (χ1v) is 9.51. The summed E-state index contributed by atoms with van der Waals surface area (Å²) in [5.74, 6) is 0.675. The van der Waals surface area contributed by atoms with Crippen molar-refractivity contribution in [1.29, 1.82) is 0 Å². The Kier molecular flexibility index (Phi) is 3.73. The van der Waals surface area contributed by atoms with E-state index in [0.29, 0.717) is 30.8 Å². The fourth-order valence-corrected chi connectivity index (χ4v) is 6.09. The summed E-state index contributed by atoms with van der Waals surface area (Å²) in [6.45, 7) is 8.21. The number of ether oxygens (including phenoxy) is 2. The van der Waals surface area contributed by atoms with E-state index in [4.69, 9.17) is 9.47 Å².